The average Bonchev–Trinajstić information content (AvgIpc) is 2.15. The molecule has 0 fully saturated rings. The molecule has 1 aliphatic rings. The Morgan fingerprint density at radius 3 is 2.93 bits per heavy atom. The smallest absolute Gasteiger partial charge is 0.269 e. The van der Waals surface area contributed by atoms with Crippen molar-refractivity contribution in [3.63, 3.8) is 0 Å². The Balaban J connectivity index is 2.43. The number of rotatable bonds is 1. The van der Waals surface area contributed by atoms with Crippen molar-refractivity contribution in [1.82, 2.24) is 0 Å². The van der Waals surface area contributed by atoms with Crippen LogP contribution in [-0.4, -0.2) is 19.6 Å². The van der Waals surface area contributed by atoms with Crippen LogP contribution in [0.25, 0.3) is 0 Å². The van der Waals surface area contributed by atoms with Gasteiger partial charge in [0.15, 0.2) is 0 Å². The van der Waals surface area contributed by atoms with Crippen molar-refractivity contribution in [2.75, 3.05) is 19.0 Å². The first-order valence-electron chi connectivity index (χ1n) is 4.40. The lowest BCUT2D eigenvalue weighted by Gasteiger charge is -2.26. The molecule has 0 bridgehead atoms. The molecular weight excluding hydrogens is 188 g/mol. The van der Waals surface area contributed by atoms with E-state index in [4.69, 9.17) is 4.74 Å². The molecule has 1 aliphatic heterocycles. The van der Waals surface area contributed by atoms with E-state index < -0.39 is 5.92 Å². The van der Waals surface area contributed by atoms with Gasteiger partial charge in [0, 0.05) is 17.7 Å². The van der Waals surface area contributed by atoms with Gasteiger partial charge in [-0.3, -0.25) is 0 Å². The fourth-order valence-electron chi connectivity index (χ4n) is 1.65. The topological polar surface area (TPSA) is 21.3 Å². The van der Waals surface area contributed by atoms with Crippen molar-refractivity contribution in [2.24, 2.45) is 0 Å². The van der Waals surface area contributed by atoms with Crippen LogP contribution in [0.2, 0.25) is 0 Å². The van der Waals surface area contributed by atoms with Crippen LogP contribution in [0.1, 0.15) is 5.56 Å². The highest BCUT2D eigenvalue weighted by molar-refractivity contribution is 5.60. The highest BCUT2D eigenvalue weighted by Gasteiger charge is 2.35. The zero-order chi connectivity index (χ0) is 10.2. The van der Waals surface area contributed by atoms with Crippen LogP contribution < -0.4 is 10.1 Å². The third-order valence-electron chi connectivity index (χ3n) is 2.33. The lowest BCUT2D eigenvalue weighted by Crippen LogP contribution is -2.34. The molecule has 4 heteroatoms. The van der Waals surface area contributed by atoms with Crippen LogP contribution in [0.3, 0.4) is 0 Å². The van der Waals surface area contributed by atoms with Gasteiger partial charge in [-0.2, -0.15) is 0 Å². The fourth-order valence-corrected chi connectivity index (χ4v) is 1.65. The highest BCUT2D eigenvalue weighted by atomic mass is 19.3. The molecular formula is C10H11F2NO. The summed E-state index contributed by atoms with van der Waals surface area (Å²) < 4.78 is 31.2. The third-order valence-corrected chi connectivity index (χ3v) is 2.33. The molecule has 0 aromatic heterocycles. The molecule has 1 aromatic carbocycles. The molecule has 0 spiro atoms. The van der Waals surface area contributed by atoms with Gasteiger partial charge in [-0.25, -0.2) is 8.78 Å². The molecule has 76 valence electrons. The summed E-state index contributed by atoms with van der Waals surface area (Å²) in [6.45, 7) is -0.298. The SMILES string of the molecule is COc1cccc2c1CC(F)(F)CN2. The second-order valence-electron chi connectivity index (χ2n) is 3.37. The largest absolute Gasteiger partial charge is 0.496 e. The van der Waals surface area contributed by atoms with Gasteiger partial charge in [0.25, 0.3) is 5.92 Å². The second kappa shape index (κ2) is 3.12. The van der Waals surface area contributed by atoms with Crippen molar-refractivity contribution >= 4 is 5.69 Å². The number of nitrogens with one attached hydrogen (secondary N) is 1. The first-order valence-corrected chi connectivity index (χ1v) is 4.40. The fraction of sp³-hybridized carbons (Fsp3) is 0.400. The van der Waals surface area contributed by atoms with Gasteiger partial charge in [-0.1, -0.05) is 6.07 Å². The van der Waals surface area contributed by atoms with E-state index in [1.54, 1.807) is 18.2 Å². The maximum Gasteiger partial charge on any atom is 0.269 e. The molecule has 0 saturated carbocycles. The van der Waals surface area contributed by atoms with Crippen LogP contribution in [0.5, 0.6) is 5.75 Å². The Morgan fingerprint density at radius 1 is 1.43 bits per heavy atom. The molecule has 0 amide bonds. The van der Waals surface area contributed by atoms with Crippen LogP contribution in [0, 0.1) is 0 Å². The molecule has 0 unspecified atom stereocenters. The molecule has 0 saturated heterocycles. The summed E-state index contributed by atoms with van der Waals surface area (Å²) in [5.74, 6) is -2.16. The predicted octanol–water partition coefficient (Wildman–Crippen LogP) is 2.30. The summed E-state index contributed by atoms with van der Waals surface area (Å²) >= 11 is 0. The number of benzene rings is 1. The van der Waals surface area contributed by atoms with E-state index in [1.165, 1.54) is 7.11 Å². The average molecular weight is 199 g/mol. The van der Waals surface area contributed by atoms with E-state index in [0.717, 1.165) is 5.69 Å². The van der Waals surface area contributed by atoms with Crippen LogP contribution in [0.15, 0.2) is 18.2 Å². The van der Waals surface area contributed by atoms with Gasteiger partial charge in [-0.05, 0) is 12.1 Å². The summed E-state index contributed by atoms with van der Waals surface area (Å²) in [5.41, 5.74) is 1.31. The van der Waals surface area contributed by atoms with Crippen LogP contribution in [-0.2, 0) is 6.42 Å². The number of hydrogen-bond donors (Lipinski definition) is 1. The molecule has 2 nitrogen and oxygen atoms in total. The van der Waals surface area contributed by atoms with Crippen molar-refractivity contribution in [2.45, 2.75) is 12.3 Å². The van der Waals surface area contributed by atoms with E-state index in [1.807, 2.05) is 0 Å². The Hall–Kier alpha value is -1.32. The highest BCUT2D eigenvalue weighted by Crippen LogP contribution is 2.36. The van der Waals surface area contributed by atoms with E-state index in [9.17, 15) is 8.78 Å². The van der Waals surface area contributed by atoms with E-state index in [0.29, 0.717) is 11.3 Å². The number of alkyl halides is 2. The summed E-state index contributed by atoms with van der Waals surface area (Å²) in [5, 5.41) is 2.70. The minimum atomic E-state index is -2.68. The zero-order valence-electron chi connectivity index (χ0n) is 7.81. The molecule has 0 radical (unpaired) electrons. The Labute approximate surface area is 80.9 Å². The molecule has 0 atom stereocenters. The van der Waals surface area contributed by atoms with Crippen molar-refractivity contribution in [1.29, 1.82) is 0 Å². The summed E-state index contributed by atoms with van der Waals surface area (Å²) in [4.78, 5) is 0. The minimum absolute atomic E-state index is 0.251. The molecule has 1 heterocycles. The minimum Gasteiger partial charge on any atom is -0.496 e. The summed E-state index contributed by atoms with van der Waals surface area (Å²) in [6, 6.07) is 5.27. The van der Waals surface area contributed by atoms with Gasteiger partial charge in [-0.15, -0.1) is 0 Å². The third kappa shape index (κ3) is 1.52. The number of anilines is 1. The van der Waals surface area contributed by atoms with Gasteiger partial charge < -0.3 is 10.1 Å². The number of ether oxygens (including phenoxy) is 1. The molecule has 14 heavy (non-hydrogen) atoms. The van der Waals surface area contributed by atoms with E-state index in [-0.39, 0.29) is 13.0 Å². The molecule has 1 aromatic rings. The Kier molecular flexibility index (Phi) is 2.06. The quantitative estimate of drug-likeness (QED) is 0.749. The lowest BCUT2D eigenvalue weighted by molar-refractivity contribution is 0.0123. The molecule has 1 N–H and O–H groups in total. The van der Waals surface area contributed by atoms with Crippen molar-refractivity contribution in [3.8, 4) is 5.75 Å². The van der Waals surface area contributed by atoms with Gasteiger partial charge in [0.05, 0.1) is 13.7 Å². The lowest BCUT2D eigenvalue weighted by atomic mass is 10.00. The standard InChI is InChI=1S/C10H11F2NO/c1-14-9-4-2-3-8-7(9)5-10(11,12)6-13-8/h2-4,13H,5-6H2,1H3. The van der Waals surface area contributed by atoms with E-state index in [2.05, 4.69) is 5.32 Å². The van der Waals surface area contributed by atoms with Gasteiger partial charge in [0.1, 0.15) is 5.75 Å². The van der Waals surface area contributed by atoms with Crippen molar-refractivity contribution in [3.05, 3.63) is 23.8 Å². The summed E-state index contributed by atoms with van der Waals surface area (Å²) in [6.07, 6.45) is -0.251. The normalized spacial score (nSPS) is 18.2. The predicted molar refractivity (Wildman–Crippen MR) is 50.1 cm³/mol. The maximum absolute atomic E-state index is 13.1. The van der Waals surface area contributed by atoms with E-state index >= 15 is 0 Å². The number of halogens is 2. The van der Waals surface area contributed by atoms with Crippen molar-refractivity contribution < 1.29 is 13.5 Å². The van der Waals surface area contributed by atoms with Gasteiger partial charge in [0.2, 0.25) is 0 Å². The second-order valence-corrected chi connectivity index (χ2v) is 3.37. The van der Waals surface area contributed by atoms with Crippen LogP contribution in [0.4, 0.5) is 14.5 Å². The monoisotopic (exact) mass is 199 g/mol. The van der Waals surface area contributed by atoms with Gasteiger partial charge >= 0.3 is 0 Å². The van der Waals surface area contributed by atoms with Crippen LogP contribution >= 0.6 is 0 Å². The molecule has 0 aliphatic carbocycles. The number of hydrogen-bond acceptors (Lipinski definition) is 2. The Morgan fingerprint density at radius 2 is 2.21 bits per heavy atom. The molecule has 2 rings (SSSR count). The Bertz CT molecular complexity index is 338. The zero-order valence-corrected chi connectivity index (χ0v) is 7.81. The first kappa shape index (κ1) is 9.24. The summed E-state index contributed by atoms with van der Waals surface area (Å²) in [7, 11) is 1.49. The number of methoxy groups -OCH3 is 1. The first-order chi connectivity index (χ1) is 6.62. The maximum atomic E-state index is 13.1. The number of fused-ring (bicyclic) bond motifs is 1.